The first-order valence-corrected chi connectivity index (χ1v) is 31.8. The van der Waals surface area contributed by atoms with E-state index in [1.807, 2.05) is 0 Å². The van der Waals surface area contributed by atoms with Gasteiger partial charge in [0.25, 0.3) is 0 Å². The molecule has 0 nitrogen and oxygen atoms in total. The van der Waals surface area contributed by atoms with Gasteiger partial charge < -0.3 is 0 Å². The van der Waals surface area contributed by atoms with Crippen molar-refractivity contribution in [1.82, 2.24) is 0 Å². The van der Waals surface area contributed by atoms with E-state index in [1.54, 1.807) is 0 Å². The van der Waals surface area contributed by atoms with Crippen LogP contribution in [0.2, 0.25) is 0 Å². The molecule has 0 saturated heterocycles. The molecular weight excluding hydrogens is 862 g/mol. The zero-order valence-electron chi connectivity index (χ0n) is 2.62. The van der Waals surface area contributed by atoms with Crippen molar-refractivity contribution in [2.45, 2.75) is 0 Å². The van der Waals surface area contributed by atoms with Crippen molar-refractivity contribution in [2.24, 2.45) is 0 Å². The Labute approximate surface area is 106 Å². The topological polar surface area (TPSA) is 0 Å². The molecule has 0 bridgehead atoms. The van der Waals surface area contributed by atoms with Crippen LogP contribution in [0.4, 0.5) is 0 Å². The Bertz CT molecular complexity index is 62.7. The average Bonchev–Trinajstić information content (AvgIpc) is 0.592. The Balaban J connectivity index is 4.43. The summed E-state index contributed by atoms with van der Waals surface area (Å²) in [6.45, 7) is 0. The van der Waals surface area contributed by atoms with Gasteiger partial charge in [0.15, 0.2) is 0 Å². The van der Waals surface area contributed by atoms with Crippen molar-refractivity contribution in [3.8, 4) is 0 Å². The molecule has 0 radical (unpaired) electrons. The van der Waals surface area contributed by atoms with Crippen LogP contribution in [-0.4, -0.2) is 0 Å². The van der Waals surface area contributed by atoms with Crippen LogP contribution in [-0.2, 0) is -8.66 Å². The van der Waals surface area contributed by atoms with Gasteiger partial charge in [-0.2, -0.15) is 0 Å². The molecule has 0 aliphatic heterocycles. The van der Waals surface area contributed by atoms with Crippen molar-refractivity contribution < 1.29 is -8.66 Å². The molecule has 0 rings (SSSR count). The standard InChI is InChI=1S/6HI.Ru/h6*1H;/q;;;;;;+3/p-6. The van der Waals surface area contributed by atoms with Crippen molar-refractivity contribution in [1.29, 1.82) is 0 Å². The molecule has 0 aromatic rings. The first-order valence-electron chi connectivity index (χ1n) is 0.802. The summed E-state index contributed by atoms with van der Waals surface area (Å²) >= 11 is 15.3. The Hall–Kier alpha value is 5.00. The van der Waals surface area contributed by atoms with Crippen LogP contribution in [0, 0.1) is 0 Å². The van der Waals surface area contributed by atoms with Crippen molar-refractivity contribution in [2.75, 3.05) is 0 Å². The summed E-state index contributed by atoms with van der Waals surface area (Å²) in [6, 6.07) is 0. The van der Waals surface area contributed by atoms with Crippen LogP contribution in [0.1, 0.15) is 0 Å². The van der Waals surface area contributed by atoms with E-state index >= 15 is 0 Å². The molecule has 7 heavy (non-hydrogen) atoms. The van der Waals surface area contributed by atoms with Crippen molar-refractivity contribution in [3.05, 3.63) is 0 Å². The van der Waals surface area contributed by atoms with Gasteiger partial charge in [0.1, 0.15) is 0 Å². The third kappa shape index (κ3) is 35.6. The molecule has 0 amide bonds. The number of halogens is 6. The predicted octanol–water partition coefficient (Wildman–Crippen LogP) is 5.31. The van der Waals surface area contributed by atoms with E-state index in [2.05, 4.69) is 119 Å². The fourth-order valence-electron chi connectivity index (χ4n) is 0. The summed E-state index contributed by atoms with van der Waals surface area (Å²) in [7, 11) is 0. The molecule has 0 unspecified atom stereocenters. The molecule has 0 saturated carbocycles. The van der Waals surface area contributed by atoms with Gasteiger partial charge in [-0.05, 0) is 0 Å². The first-order chi connectivity index (χ1) is 2.45. The Kier molecular flexibility index (Phi) is 4.72. The Morgan fingerprint density at radius 2 is 0.571 bits per heavy atom. The minimum atomic E-state index is -2.23. The second-order valence-corrected chi connectivity index (χ2v) is 202. The number of hydrogen-bond acceptors (Lipinski definition) is 0. The normalized spacial score (nSPS) is 23.1. The van der Waals surface area contributed by atoms with E-state index in [9.17, 15) is 0 Å². The molecule has 0 aromatic carbocycles. The van der Waals surface area contributed by atoms with Gasteiger partial charge in [0, 0.05) is 0 Å². The molecule has 0 fully saturated rings. The van der Waals surface area contributed by atoms with E-state index in [1.165, 1.54) is 0 Å². The van der Waals surface area contributed by atoms with E-state index in [0.29, 0.717) is 0 Å². The Morgan fingerprint density at radius 3 is 0.571 bits per heavy atom. The first kappa shape index (κ1) is 12.0. The number of hydrogen-bond donors (Lipinski definition) is 0. The molecule has 0 atom stereocenters. The third-order valence-corrected chi connectivity index (χ3v) is 0. The van der Waals surface area contributed by atoms with Crippen LogP contribution in [0.15, 0.2) is 0 Å². The van der Waals surface area contributed by atoms with E-state index < -0.39 is -8.66 Å². The van der Waals surface area contributed by atoms with Crippen LogP contribution in [0.3, 0.4) is 0 Å². The molecule has 7 heteroatoms. The van der Waals surface area contributed by atoms with E-state index in [0.717, 1.165) is 0 Å². The maximum atomic E-state index is 2.56. The monoisotopic (exact) mass is 863 g/mol. The van der Waals surface area contributed by atoms with Gasteiger partial charge in [-0.15, -0.1) is 0 Å². The summed E-state index contributed by atoms with van der Waals surface area (Å²) in [5.74, 6) is 0. The van der Waals surface area contributed by atoms with Crippen LogP contribution in [0.5, 0.6) is 0 Å². The fraction of sp³-hybridized carbons (Fsp3) is 0. The van der Waals surface area contributed by atoms with E-state index in [4.69, 9.17) is 0 Å². The van der Waals surface area contributed by atoms with Gasteiger partial charge in [0.2, 0.25) is 0 Å². The van der Waals surface area contributed by atoms with Crippen LogP contribution in [0.25, 0.3) is 0 Å². The van der Waals surface area contributed by atoms with Gasteiger partial charge in [-0.3, -0.25) is 0 Å². The molecule has 0 N–H and O–H groups in total. The third-order valence-electron chi connectivity index (χ3n) is 0. The minimum absolute atomic E-state index is 2.23. The van der Waals surface area contributed by atoms with Gasteiger partial charge in [0.05, 0.1) is 0 Å². The molecule has 0 heterocycles. The zero-order valence-corrected chi connectivity index (χ0v) is 17.3. The SMILES string of the molecule is [I][Ru-3]([I])([I])([I])([I])[I]. The second-order valence-electron chi connectivity index (χ2n) is 0.758. The molecule has 0 spiro atoms. The molecule has 0 aliphatic rings. The van der Waals surface area contributed by atoms with Crippen molar-refractivity contribution >= 4 is 119 Å². The number of rotatable bonds is 0. The summed E-state index contributed by atoms with van der Waals surface area (Å²) < 4.78 is -2.23. The summed E-state index contributed by atoms with van der Waals surface area (Å²) in [5, 5.41) is 0. The fourth-order valence-corrected chi connectivity index (χ4v) is 0. The van der Waals surface area contributed by atoms with Crippen LogP contribution < -0.4 is 0 Å². The molecular formula is I6Ru-3. The summed E-state index contributed by atoms with van der Waals surface area (Å²) in [4.78, 5) is 0. The summed E-state index contributed by atoms with van der Waals surface area (Å²) in [6.07, 6.45) is 0. The average molecular weight is 862 g/mol. The second kappa shape index (κ2) is 2.75. The molecule has 53 valence electrons. The zero-order chi connectivity index (χ0) is 6.41. The van der Waals surface area contributed by atoms with Crippen molar-refractivity contribution in [3.63, 3.8) is 0 Å². The molecule has 0 aromatic heterocycles. The Morgan fingerprint density at radius 1 is 0.571 bits per heavy atom. The van der Waals surface area contributed by atoms with Gasteiger partial charge in [-0.1, -0.05) is 0 Å². The van der Waals surface area contributed by atoms with Gasteiger partial charge in [-0.25, -0.2) is 0 Å². The predicted molar refractivity (Wildman–Crippen MR) is 84.1 cm³/mol. The van der Waals surface area contributed by atoms with Crippen LogP contribution >= 0.6 is 119 Å². The maximum absolute atomic E-state index is 2.56. The van der Waals surface area contributed by atoms with E-state index in [-0.39, 0.29) is 0 Å². The quantitative estimate of drug-likeness (QED) is 0.229. The van der Waals surface area contributed by atoms with Gasteiger partial charge >= 0.3 is 110 Å². The summed E-state index contributed by atoms with van der Waals surface area (Å²) in [5.41, 5.74) is 0. The molecule has 0 aliphatic carbocycles.